The summed E-state index contributed by atoms with van der Waals surface area (Å²) in [7, 11) is 1.39. The summed E-state index contributed by atoms with van der Waals surface area (Å²) in [4.78, 5) is 30.8. The van der Waals surface area contributed by atoms with Crippen molar-refractivity contribution in [2.75, 3.05) is 18.2 Å². The molecule has 1 amide bonds. The highest BCUT2D eigenvalue weighted by atomic mass is 32.2. The Morgan fingerprint density at radius 2 is 1.93 bits per heavy atom. The minimum absolute atomic E-state index is 0.131. The van der Waals surface area contributed by atoms with Crippen LogP contribution in [0.1, 0.15) is 46.5 Å². The third kappa shape index (κ3) is 4.65. The predicted molar refractivity (Wildman–Crippen MR) is 121 cm³/mol. The molecule has 0 saturated carbocycles. The van der Waals surface area contributed by atoms with Gasteiger partial charge in [0.2, 0.25) is 5.91 Å². The second kappa shape index (κ2) is 9.28. The zero-order valence-corrected chi connectivity index (χ0v) is 18.6. The predicted octanol–water partition coefficient (Wildman–Crippen LogP) is 5.53. The fourth-order valence-corrected chi connectivity index (χ4v) is 6.69. The van der Waals surface area contributed by atoms with E-state index in [2.05, 4.69) is 10.3 Å². The van der Waals surface area contributed by atoms with Crippen molar-refractivity contribution in [3.05, 3.63) is 40.3 Å². The number of amides is 1. The molecule has 1 aromatic carbocycles. The first-order chi connectivity index (χ1) is 14.2. The van der Waals surface area contributed by atoms with Crippen LogP contribution in [-0.2, 0) is 22.4 Å². The number of nitrogens with one attached hydrogen (secondary N) is 1. The van der Waals surface area contributed by atoms with Crippen molar-refractivity contribution < 1.29 is 14.3 Å². The molecule has 29 heavy (non-hydrogen) atoms. The summed E-state index contributed by atoms with van der Waals surface area (Å²) in [6.07, 6.45) is 6.40. The maximum atomic E-state index is 12.6. The van der Waals surface area contributed by atoms with Gasteiger partial charge in [-0.1, -0.05) is 36.7 Å². The average Bonchev–Trinajstić information content (AvgIpc) is 3.26. The first-order valence-corrected chi connectivity index (χ1v) is 12.3. The van der Waals surface area contributed by atoms with Gasteiger partial charge in [-0.25, -0.2) is 9.78 Å². The second-order valence-corrected chi connectivity index (χ2v) is 10.3. The van der Waals surface area contributed by atoms with Gasteiger partial charge in [0.1, 0.15) is 5.00 Å². The van der Waals surface area contributed by atoms with Crippen molar-refractivity contribution in [3.8, 4) is 0 Å². The number of esters is 1. The molecule has 0 saturated heterocycles. The summed E-state index contributed by atoms with van der Waals surface area (Å²) in [5.74, 6) is -0.242. The number of benzene rings is 1. The molecule has 0 unspecified atom stereocenters. The van der Waals surface area contributed by atoms with Crippen LogP contribution in [-0.4, -0.2) is 29.7 Å². The molecular weight excluding hydrogens is 424 g/mol. The lowest BCUT2D eigenvalue weighted by Crippen LogP contribution is -2.16. The number of thioether (sulfide) groups is 1. The largest absolute Gasteiger partial charge is 0.465 e. The Hall–Kier alpha value is -1.90. The monoisotopic (exact) mass is 446 g/mol. The number of hydrogen-bond donors (Lipinski definition) is 1. The summed E-state index contributed by atoms with van der Waals surface area (Å²) < 4.78 is 7.00. The van der Waals surface area contributed by atoms with Crippen LogP contribution in [0.3, 0.4) is 0 Å². The summed E-state index contributed by atoms with van der Waals surface area (Å²) in [6, 6.07) is 7.95. The number of aromatic nitrogens is 1. The molecule has 4 rings (SSSR count). The van der Waals surface area contributed by atoms with Gasteiger partial charge in [-0.3, -0.25) is 4.79 Å². The van der Waals surface area contributed by atoms with Gasteiger partial charge in [0.05, 0.1) is 28.6 Å². The number of para-hydroxylation sites is 1. The van der Waals surface area contributed by atoms with Gasteiger partial charge in [-0.05, 0) is 43.4 Å². The second-order valence-electron chi connectivity index (χ2n) is 6.90. The van der Waals surface area contributed by atoms with E-state index in [0.29, 0.717) is 10.6 Å². The molecule has 0 radical (unpaired) electrons. The highest BCUT2D eigenvalue weighted by molar-refractivity contribution is 8.01. The molecule has 0 aliphatic heterocycles. The van der Waals surface area contributed by atoms with Crippen molar-refractivity contribution in [1.29, 1.82) is 0 Å². The van der Waals surface area contributed by atoms with Gasteiger partial charge < -0.3 is 10.1 Å². The quantitative estimate of drug-likeness (QED) is 0.412. The number of hydrogen-bond acceptors (Lipinski definition) is 7. The summed E-state index contributed by atoms with van der Waals surface area (Å²) in [5.41, 5.74) is 2.56. The molecule has 5 nitrogen and oxygen atoms in total. The van der Waals surface area contributed by atoms with Crippen LogP contribution in [0.5, 0.6) is 0 Å². The Bertz CT molecular complexity index is 1010. The van der Waals surface area contributed by atoms with E-state index >= 15 is 0 Å². The van der Waals surface area contributed by atoms with E-state index in [0.717, 1.165) is 45.8 Å². The molecule has 8 heteroatoms. The van der Waals surface area contributed by atoms with Crippen LogP contribution in [0.15, 0.2) is 28.6 Å². The van der Waals surface area contributed by atoms with E-state index in [1.807, 2.05) is 24.3 Å². The van der Waals surface area contributed by atoms with Crippen LogP contribution < -0.4 is 5.32 Å². The van der Waals surface area contributed by atoms with Gasteiger partial charge >= 0.3 is 5.97 Å². The molecule has 0 bridgehead atoms. The van der Waals surface area contributed by atoms with Gasteiger partial charge in [0, 0.05) is 4.88 Å². The maximum Gasteiger partial charge on any atom is 0.341 e. The fraction of sp³-hybridized carbons (Fsp3) is 0.381. The standard InChI is InChI=1S/C21H22N2O3S3/c1-26-20(25)18-13-8-4-2-3-5-10-15(13)28-19(18)23-17(24)12-27-21-22-14-9-6-7-11-16(14)29-21/h6-7,9,11H,2-5,8,10,12H2,1H3,(H,23,24). The molecule has 3 aromatic rings. The fourth-order valence-electron chi connectivity index (χ4n) is 3.53. The van der Waals surface area contributed by atoms with E-state index in [1.165, 1.54) is 47.9 Å². The topological polar surface area (TPSA) is 68.3 Å². The number of methoxy groups -OCH3 is 1. The van der Waals surface area contributed by atoms with Gasteiger partial charge in [0.25, 0.3) is 0 Å². The highest BCUT2D eigenvalue weighted by Gasteiger charge is 2.26. The zero-order valence-electron chi connectivity index (χ0n) is 16.2. The molecule has 0 atom stereocenters. The maximum absolute atomic E-state index is 12.6. The van der Waals surface area contributed by atoms with E-state index in [-0.39, 0.29) is 17.6 Å². The summed E-state index contributed by atoms with van der Waals surface area (Å²) in [6.45, 7) is 0. The SMILES string of the molecule is COC(=O)c1c(NC(=O)CSc2nc3ccccc3s2)sc2c1CCCCCC2. The molecule has 152 valence electrons. The Morgan fingerprint density at radius 1 is 1.14 bits per heavy atom. The number of thiophene rings is 1. The van der Waals surface area contributed by atoms with Crippen LogP contribution in [0.25, 0.3) is 10.2 Å². The third-order valence-corrected chi connectivity index (χ3v) is 8.30. The Kier molecular flexibility index (Phi) is 6.52. The molecule has 0 spiro atoms. The molecule has 2 heterocycles. The minimum atomic E-state index is -0.364. The number of nitrogens with zero attached hydrogens (tertiary/aromatic N) is 1. The summed E-state index contributed by atoms with van der Waals surface area (Å²) in [5, 5.41) is 3.59. The Morgan fingerprint density at radius 3 is 2.72 bits per heavy atom. The number of fused-ring (bicyclic) bond motifs is 2. The zero-order chi connectivity index (χ0) is 20.2. The van der Waals surface area contributed by atoms with Crippen molar-refractivity contribution >= 4 is 61.5 Å². The van der Waals surface area contributed by atoms with Crippen molar-refractivity contribution in [1.82, 2.24) is 4.98 Å². The number of anilines is 1. The number of aryl methyl sites for hydroxylation is 1. The van der Waals surface area contributed by atoms with Crippen molar-refractivity contribution in [3.63, 3.8) is 0 Å². The normalized spacial score (nSPS) is 14.1. The van der Waals surface area contributed by atoms with E-state index < -0.39 is 0 Å². The smallest absolute Gasteiger partial charge is 0.341 e. The molecule has 0 fully saturated rings. The average molecular weight is 447 g/mol. The summed E-state index contributed by atoms with van der Waals surface area (Å²) >= 11 is 4.53. The first-order valence-electron chi connectivity index (χ1n) is 9.67. The van der Waals surface area contributed by atoms with Crippen molar-refractivity contribution in [2.45, 2.75) is 42.9 Å². The lowest BCUT2D eigenvalue weighted by molar-refractivity contribution is -0.113. The Labute approximate surface area is 181 Å². The number of thiazole rings is 1. The molecule has 1 aliphatic carbocycles. The van der Waals surface area contributed by atoms with Gasteiger partial charge in [-0.15, -0.1) is 22.7 Å². The molecular formula is C21H22N2O3S3. The molecule has 2 aromatic heterocycles. The number of carbonyl (C=O) groups excluding carboxylic acids is 2. The third-order valence-electron chi connectivity index (χ3n) is 4.91. The molecule has 1 N–H and O–H groups in total. The van der Waals surface area contributed by atoms with Crippen molar-refractivity contribution in [2.24, 2.45) is 0 Å². The number of carbonyl (C=O) groups is 2. The van der Waals surface area contributed by atoms with Crippen LogP contribution in [0.2, 0.25) is 0 Å². The number of rotatable bonds is 5. The molecule has 1 aliphatic rings. The Balaban J connectivity index is 1.49. The number of ether oxygens (including phenoxy) is 1. The van der Waals surface area contributed by atoms with Gasteiger partial charge in [-0.2, -0.15) is 0 Å². The van der Waals surface area contributed by atoms with E-state index in [4.69, 9.17) is 4.74 Å². The van der Waals surface area contributed by atoms with Crippen LogP contribution in [0, 0.1) is 0 Å². The van der Waals surface area contributed by atoms with Crippen LogP contribution in [0.4, 0.5) is 5.00 Å². The minimum Gasteiger partial charge on any atom is -0.465 e. The lowest BCUT2D eigenvalue weighted by Gasteiger charge is -2.10. The van der Waals surface area contributed by atoms with E-state index in [1.54, 1.807) is 11.3 Å². The van der Waals surface area contributed by atoms with Gasteiger partial charge in [0.15, 0.2) is 4.34 Å². The highest BCUT2D eigenvalue weighted by Crippen LogP contribution is 2.38. The first kappa shape index (κ1) is 20.4. The van der Waals surface area contributed by atoms with Crippen LogP contribution >= 0.6 is 34.4 Å². The van der Waals surface area contributed by atoms with E-state index in [9.17, 15) is 9.59 Å². The lowest BCUT2D eigenvalue weighted by atomic mass is 9.96.